The molecule has 0 bridgehead atoms. The Labute approximate surface area is 201 Å². The predicted molar refractivity (Wildman–Crippen MR) is 132 cm³/mol. The number of nitrogens with zero attached hydrogens (tertiary/aromatic N) is 3. The number of methoxy groups -OCH3 is 1. The van der Waals surface area contributed by atoms with E-state index in [2.05, 4.69) is 25.7 Å². The van der Waals surface area contributed by atoms with E-state index in [9.17, 15) is 9.50 Å². The van der Waals surface area contributed by atoms with Gasteiger partial charge in [0, 0.05) is 26.7 Å². The van der Waals surface area contributed by atoms with Crippen molar-refractivity contribution in [2.45, 2.75) is 52.2 Å². The van der Waals surface area contributed by atoms with E-state index in [0.29, 0.717) is 32.1 Å². The molecule has 0 fully saturated rings. The van der Waals surface area contributed by atoms with Crippen LogP contribution in [-0.2, 0) is 11.3 Å². The number of rotatable bonds is 13. The Bertz CT molecular complexity index is 1020. The second kappa shape index (κ2) is 12.6. The number of benzene rings is 2. The van der Waals surface area contributed by atoms with Crippen LogP contribution in [0.25, 0.3) is 5.69 Å². The molecular weight excluding hydrogens is 433 g/mol. The average Bonchev–Trinajstić information content (AvgIpc) is 3.17. The third-order valence-electron chi connectivity index (χ3n) is 5.64. The van der Waals surface area contributed by atoms with Crippen LogP contribution in [0, 0.1) is 5.82 Å². The minimum absolute atomic E-state index is 0.118. The molecule has 2 aromatic carbocycles. The lowest BCUT2D eigenvalue weighted by Gasteiger charge is -2.25. The Balaban J connectivity index is 2.08. The fourth-order valence-corrected chi connectivity index (χ4v) is 3.95. The molecule has 1 N–H and O–H groups in total. The van der Waals surface area contributed by atoms with Crippen LogP contribution < -0.4 is 4.74 Å². The molecule has 0 radical (unpaired) electrons. The van der Waals surface area contributed by atoms with E-state index >= 15 is 0 Å². The van der Waals surface area contributed by atoms with E-state index in [4.69, 9.17) is 14.6 Å². The molecule has 0 aliphatic carbocycles. The van der Waals surface area contributed by atoms with Gasteiger partial charge in [0.1, 0.15) is 0 Å². The lowest BCUT2D eigenvalue weighted by molar-refractivity contribution is 0.0794. The zero-order chi connectivity index (χ0) is 24.5. The van der Waals surface area contributed by atoms with Crippen molar-refractivity contribution in [3.05, 3.63) is 71.7 Å². The van der Waals surface area contributed by atoms with Crippen molar-refractivity contribution in [2.24, 2.45) is 0 Å². The summed E-state index contributed by atoms with van der Waals surface area (Å²) in [7, 11) is 1.67. The summed E-state index contributed by atoms with van der Waals surface area (Å²) in [4.78, 5) is 2.15. The van der Waals surface area contributed by atoms with Gasteiger partial charge in [-0.05, 0) is 36.6 Å². The lowest BCUT2D eigenvalue weighted by atomic mass is 10.0. The fourth-order valence-electron chi connectivity index (χ4n) is 3.95. The van der Waals surface area contributed by atoms with Crippen LogP contribution in [0.5, 0.6) is 11.6 Å². The lowest BCUT2D eigenvalue weighted by Crippen LogP contribution is -2.34. The SMILES string of the molecule is CCC[C@H](O)CN(CCOC)Cc1c(C(C)C)nn(-c2ccccc2)c1Oc1ccccc1F. The summed E-state index contributed by atoms with van der Waals surface area (Å²) in [6.07, 6.45) is 1.19. The van der Waals surface area contributed by atoms with Crippen molar-refractivity contribution in [3.63, 3.8) is 0 Å². The number of halogens is 1. The quantitative estimate of drug-likeness (QED) is 0.356. The maximum atomic E-state index is 14.6. The van der Waals surface area contributed by atoms with Crippen LogP contribution in [0.1, 0.15) is 50.8 Å². The van der Waals surface area contributed by atoms with Crippen molar-refractivity contribution in [1.82, 2.24) is 14.7 Å². The highest BCUT2D eigenvalue weighted by atomic mass is 19.1. The summed E-state index contributed by atoms with van der Waals surface area (Å²) >= 11 is 0. The third-order valence-corrected chi connectivity index (χ3v) is 5.64. The average molecular weight is 470 g/mol. The van der Waals surface area contributed by atoms with Crippen LogP contribution in [0.4, 0.5) is 4.39 Å². The molecule has 1 heterocycles. The van der Waals surface area contributed by atoms with Gasteiger partial charge in [0.05, 0.1) is 29.7 Å². The zero-order valence-corrected chi connectivity index (χ0v) is 20.6. The van der Waals surface area contributed by atoms with E-state index in [0.717, 1.165) is 29.8 Å². The molecule has 7 heteroatoms. The van der Waals surface area contributed by atoms with Gasteiger partial charge in [-0.2, -0.15) is 5.10 Å². The highest BCUT2D eigenvalue weighted by molar-refractivity contribution is 5.44. The summed E-state index contributed by atoms with van der Waals surface area (Å²) in [6, 6.07) is 16.1. The van der Waals surface area contributed by atoms with Gasteiger partial charge < -0.3 is 14.6 Å². The van der Waals surface area contributed by atoms with Crippen molar-refractivity contribution in [1.29, 1.82) is 0 Å². The molecule has 0 aliphatic rings. The molecule has 34 heavy (non-hydrogen) atoms. The first-order valence-corrected chi connectivity index (χ1v) is 11.9. The first-order chi connectivity index (χ1) is 16.4. The van der Waals surface area contributed by atoms with Crippen molar-refractivity contribution in [3.8, 4) is 17.3 Å². The number of aromatic nitrogens is 2. The Morgan fingerprint density at radius 3 is 2.44 bits per heavy atom. The highest BCUT2D eigenvalue weighted by Gasteiger charge is 2.26. The van der Waals surface area contributed by atoms with Crippen LogP contribution in [0.15, 0.2) is 54.6 Å². The molecular formula is C27H36FN3O3. The smallest absolute Gasteiger partial charge is 0.227 e. The van der Waals surface area contributed by atoms with Crippen LogP contribution in [0.3, 0.4) is 0 Å². The maximum absolute atomic E-state index is 14.6. The van der Waals surface area contributed by atoms with E-state index in [1.165, 1.54) is 6.07 Å². The number of aliphatic hydroxyl groups is 1. The predicted octanol–water partition coefficient (Wildman–Crippen LogP) is 5.54. The minimum atomic E-state index is -0.440. The van der Waals surface area contributed by atoms with Crippen LogP contribution in [-0.4, -0.2) is 52.7 Å². The van der Waals surface area contributed by atoms with E-state index < -0.39 is 11.9 Å². The monoisotopic (exact) mass is 469 g/mol. The first kappa shape index (κ1) is 25.9. The fraction of sp³-hybridized carbons (Fsp3) is 0.444. The molecule has 0 saturated heterocycles. The van der Waals surface area contributed by atoms with Gasteiger partial charge in [-0.3, -0.25) is 4.90 Å². The molecule has 1 aromatic heterocycles. The number of hydrogen-bond donors (Lipinski definition) is 1. The van der Waals surface area contributed by atoms with Gasteiger partial charge in [-0.1, -0.05) is 57.5 Å². The standard InChI is InChI=1S/C27H36FN3O3/c1-5-11-22(32)18-30(16-17-33-4)19-23-26(20(2)3)29-31(21-12-7-6-8-13-21)27(23)34-25-15-10-9-14-24(25)28/h6-10,12-15,20,22,32H,5,11,16-19H2,1-4H3/t22-/m0/s1. The zero-order valence-electron chi connectivity index (χ0n) is 20.6. The van der Waals surface area contributed by atoms with Crippen LogP contribution in [0.2, 0.25) is 0 Å². The van der Waals surface area contributed by atoms with Crippen molar-refractivity contribution >= 4 is 0 Å². The van der Waals surface area contributed by atoms with Gasteiger partial charge in [0.2, 0.25) is 5.88 Å². The number of aliphatic hydroxyl groups excluding tert-OH is 1. The Hall–Kier alpha value is -2.74. The summed E-state index contributed by atoms with van der Waals surface area (Å²) in [5, 5.41) is 15.4. The summed E-state index contributed by atoms with van der Waals surface area (Å²) in [6.45, 7) is 8.40. The number of ether oxygens (including phenoxy) is 2. The molecule has 184 valence electrons. The molecule has 3 rings (SSSR count). The molecule has 0 spiro atoms. The van der Waals surface area contributed by atoms with E-state index in [1.54, 1.807) is 30.0 Å². The Morgan fingerprint density at radius 2 is 1.79 bits per heavy atom. The molecule has 6 nitrogen and oxygen atoms in total. The third kappa shape index (κ3) is 6.65. The van der Waals surface area contributed by atoms with Crippen molar-refractivity contribution in [2.75, 3.05) is 26.8 Å². The molecule has 0 unspecified atom stereocenters. The maximum Gasteiger partial charge on any atom is 0.227 e. The summed E-state index contributed by atoms with van der Waals surface area (Å²) < 4.78 is 27.9. The van der Waals surface area contributed by atoms with Crippen LogP contribution >= 0.6 is 0 Å². The second-order valence-electron chi connectivity index (χ2n) is 8.77. The topological polar surface area (TPSA) is 59.8 Å². The minimum Gasteiger partial charge on any atom is -0.435 e. The normalized spacial score (nSPS) is 12.5. The highest BCUT2D eigenvalue weighted by Crippen LogP contribution is 2.35. The largest absolute Gasteiger partial charge is 0.435 e. The molecule has 0 amide bonds. The second-order valence-corrected chi connectivity index (χ2v) is 8.77. The number of hydrogen-bond acceptors (Lipinski definition) is 5. The van der Waals surface area contributed by atoms with Gasteiger partial charge in [0.25, 0.3) is 0 Å². The van der Waals surface area contributed by atoms with Crippen molar-refractivity contribution < 1.29 is 19.0 Å². The van der Waals surface area contributed by atoms with Gasteiger partial charge >= 0.3 is 0 Å². The molecule has 0 aliphatic heterocycles. The summed E-state index contributed by atoms with van der Waals surface area (Å²) in [5.41, 5.74) is 2.58. The van der Waals surface area contributed by atoms with Gasteiger partial charge in [-0.25, -0.2) is 9.07 Å². The molecule has 1 atom stereocenters. The van der Waals surface area contributed by atoms with Gasteiger partial charge in [-0.15, -0.1) is 0 Å². The van der Waals surface area contributed by atoms with E-state index in [1.807, 2.05) is 30.3 Å². The Morgan fingerprint density at radius 1 is 1.09 bits per heavy atom. The summed E-state index contributed by atoms with van der Waals surface area (Å²) in [5.74, 6) is 0.306. The van der Waals surface area contributed by atoms with Gasteiger partial charge in [0.15, 0.2) is 11.6 Å². The molecule has 3 aromatic rings. The Kier molecular flexibility index (Phi) is 9.62. The number of para-hydroxylation sites is 2. The molecule has 0 saturated carbocycles. The first-order valence-electron chi connectivity index (χ1n) is 11.9. The van der Waals surface area contributed by atoms with E-state index in [-0.39, 0.29) is 11.7 Å².